The molecule has 0 aliphatic carbocycles. The van der Waals surface area contributed by atoms with Crippen molar-refractivity contribution in [2.45, 2.75) is 32.2 Å². The molecular formula is C16H25N3. The number of fused-ring (bicyclic) bond motifs is 1. The fourth-order valence-corrected chi connectivity index (χ4v) is 3.19. The van der Waals surface area contributed by atoms with Gasteiger partial charge in [-0.1, -0.05) is 12.1 Å². The van der Waals surface area contributed by atoms with Gasteiger partial charge in [-0.3, -0.25) is 4.90 Å². The molecular weight excluding hydrogens is 234 g/mol. The number of aryl methyl sites for hydroxylation is 1. The summed E-state index contributed by atoms with van der Waals surface area (Å²) in [6, 6.07) is 7.66. The van der Waals surface area contributed by atoms with E-state index in [1.54, 1.807) is 0 Å². The van der Waals surface area contributed by atoms with Crippen LogP contribution in [0.5, 0.6) is 0 Å². The molecule has 2 aliphatic heterocycles. The van der Waals surface area contributed by atoms with Gasteiger partial charge >= 0.3 is 0 Å². The third kappa shape index (κ3) is 3.10. The van der Waals surface area contributed by atoms with Crippen LogP contribution in [0.1, 0.15) is 24.5 Å². The van der Waals surface area contributed by atoms with Crippen LogP contribution in [0.25, 0.3) is 0 Å². The molecule has 0 radical (unpaired) electrons. The number of hydrogen-bond acceptors (Lipinski definition) is 3. The van der Waals surface area contributed by atoms with E-state index in [9.17, 15) is 0 Å². The molecule has 19 heavy (non-hydrogen) atoms. The molecule has 2 heterocycles. The van der Waals surface area contributed by atoms with Gasteiger partial charge in [0.05, 0.1) is 0 Å². The van der Waals surface area contributed by atoms with E-state index in [1.165, 1.54) is 49.2 Å². The maximum Gasteiger partial charge on any atom is 0.0373 e. The first-order valence-electron chi connectivity index (χ1n) is 7.63. The predicted octanol–water partition coefficient (Wildman–Crippen LogP) is 1.88. The van der Waals surface area contributed by atoms with Crippen molar-refractivity contribution in [1.29, 1.82) is 0 Å². The van der Waals surface area contributed by atoms with Crippen LogP contribution < -0.4 is 10.6 Å². The summed E-state index contributed by atoms with van der Waals surface area (Å²) in [5, 5.41) is 6.85. The van der Waals surface area contributed by atoms with Crippen LogP contribution in [0.15, 0.2) is 18.2 Å². The average molecular weight is 259 g/mol. The second-order valence-electron chi connectivity index (χ2n) is 5.84. The van der Waals surface area contributed by atoms with Gasteiger partial charge in [0, 0.05) is 44.5 Å². The Kier molecular flexibility index (Phi) is 4.04. The number of rotatable bonds is 4. The molecule has 3 heteroatoms. The maximum atomic E-state index is 3.43. The summed E-state index contributed by atoms with van der Waals surface area (Å²) in [6.07, 6.45) is 3.67. The quantitative estimate of drug-likeness (QED) is 0.864. The van der Waals surface area contributed by atoms with E-state index in [0.29, 0.717) is 6.04 Å². The smallest absolute Gasteiger partial charge is 0.0373 e. The van der Waals surface area contributed by atoms with E-state index < -0.39 is 0 Å². The molecule has 0 saturated carbocycles. The second kappa shape index (κ2) is 5.93. The van der Waals surface area contributed by atoms with Crippen molar-refractivity contribution in [3.63, 3.8) is 0 Å². The van der Waals surface area contributed by atoms with Crippen molar-refractivity contribution in [2.75, 3.05) is 38.0 Å². The lowest BCUT2D eigenvalue weighted by Crippen LogP contribution is -2.47. The molecule has 0 bridgehead atoms. The Labute approximate surface area is 116 Å². The maximum absolute atomic E-state index is 3.43. The fourth-order valence-electron chi connectivity index (χ4n) is 3.19. The van der Waals surface area contributed by atoms with Crippen molar-refractivity contribution >= 4 is 5.69 Å². The molecule has 3 nitrogen and oxygen atoms in total. The third-order valence-corrected chi connectivity index (χ3v) is 4.51. The molecule has 0 amide bonds. The molecule has 1 saturated heterocycles. The Hall–Kier alpha value is -1.06. The van der Waals surface area contributed by atoms with Crippen LogP contribution in [-0.4, -0.2) is 43.7 Å². The zero-order valence-corrected chi connectivity index (χ0v) is 11.9. The summed E-state index contributed by atoms with van der Waals surface area (Å²) in [6.45, 7) is 8.18. The molecule has 1 fully saturated rings. The summed E-state index contributed by atoms with van der Waals surface area (Å²) in [4.78, 5) is 2.62. The van der Waals surface area contributed by atoms with E-state index in [4.69, 9.17) is 0 Å². The first kappa shape index (κ1) is 12.9. The molecule has 1 aromatic rings. The average Bonchev–Trinajstić information content (AvgIpc) is 2.93. The highest BCUT2D eigenvalue weighted by molar-refractivity contribution is 5.56. The highest BCUT2D eigenvalue weighted by Gasteiger charge is 2.16. The summed E-state index contributed by atoms with van der Waals surface area (Å²) in [5.74, 6) is 0. The van der Waals surface area contributed by atoms with E-state index in [-0.39, 0.29) is 0 Å². The van der Waals surface area contributed by atoms with Crippen molar-refractivity contribution in [2.24, 2.45) is 0 Å². The van der Waals surface area contributed by atoms with Crippen molar-refractivity contribution in [1.82, 2.24) is 10.2 Å². The molecule has 1 aromatic carbocycles. The number of piperazine rings is 1. The normalized spacial score (nSPS) is 20.9. The van der Waals surface area contributed by atoms with Gasteiger partial charge in [-0.25, -0.2) is 0 Å². The Bertz CT molecular complexity index is 424. The number of anilines is 1. The molecule has 2 N–H and O–H groups in total. The minimum absolute atomic E-state index is 0.702. The molecule has 1 unspecified atom stereocenters. The lowest BCUT2D eigenvalue weighted by molar-refractivity contribution is 0.177. The molecule has 3 rings (SSSR count). The molecule has 1 atom stereocenters. The lowest BCUT2D eigenvalue weighted by atomic mass is 10.0. The van der Waals surface area contributed by atoms with Crippen molar-refractivity contribution < 1.29 is 0 Å². The van der Waals surface area contributed by atoms with Gasteiger partial charge in [-0.15, -0.1) is 0 Å². The van der Waals surface area contributed by atoms with E-state index >= 15 is 0 Å². The Morgan fingerprint density at radius 2 is 2.05 bits per heavy atom. The molecule has 0 spiro atoms. The largest absolute Gasteiger partial charge is 0.384 e. The fraction of sp³-hybridized carbons (Fsp3) is 0.625. The summed E-state index contributed by atoms with van der Waals surface area (Å²) >= 11 is 0. The van der Waals surface area contributed by atoms with Crippen LogP contribution >= 0.6 is 0 Å². The van der Waals surface area contributed by atoms with E-state index in [0.717, 1.165) is 19.6 Å². The highest BCUT2D eigenvalue weighted by Crippen LogP contribution is 2.24. The van der Waals surface area contributed by atoms with Crippen LogP contribution in [0, 0.1) is 0 Å². The van der Waals surface area contributed by atoms with Crippen LogP contribution in [0.2, 0.25) is 0 Å². The minimum atomic E-state index is 0.702. The highest BCUT2D eigenvalue weighted by atomic mass is 15.2. The van der Waals surface area contributed by atoms with Crippen LogP contribution in [0.4, 0.5) is 5.69 Å². The number of nitrogens with one attached hydrogen (secondary N) is 2. The minimum Gasteiger partial charge on any atom is -0.384 e. The first-order valence-corrected chi connectivity index (χ1v) is 7.63. The first-order chi connectivity index (χ1) is 9.33. The van der Waals surface area contributed by atoms with Crippen LogP contribution in [-0.2, 0) is 12.8 Å². The zero-order valence-electron chi connectivity index (χ0n) is 11.9. The standard InChI is InChI=1S/C16H25N3/c1-13(19-10-8-17-9-11-19)2-3-14-4-5-16-15(12-14)6-7-18-16/h4-5,12-13,17-18H,2-3,6-11H2,1H3. The zero-order chi connectivity index (χ0) is 13.1. The van der Waals surface area contributed by atoms with Crippen molar-refractivity contribution in [3.05, 3.63) is 29.3 Å². The number of nitrogens with zero attached hydrogens (tertiary/aromatic N) is 1. The number of hydrogen-bond donors (Lipinski definition) is 2. The third-order valence-electron chi connectivity index (χ3n) is 4.51. The van der Waals surface area contributed by atoms with Gasteiger partial charge in [0.1, 0.15) is 0 Å². The predicted molar refractivity (Wildman–Crippen MR) is 80.9 cm³/mol. The van der Waals surface area contributed by atoms with Gasteiger partial charge in [0.15, 0.2) is 0 Å². The molecule has 2 aliphatic rings. The van der Waals surface area contributed by atoms with Gasteiger partial charge in [-0.05, 0) is 43.4 Å². The Morgan fingerprint density at radius 1 is 1.21 bits per heavy atom. The SMILES string of the molecule is CC(CCc1ccc2c(c1)CCN2)N1CCNCC1. The van der Waals surface area contributed by atoms with Crippen molar-refractivity contribution in [3.8, 4) is 0 Å². The van der Waals surface area contributed by atoms with Gasteiger partial charge in [0.2, 0.25) is 0 Å². The monoisotopic (exact) mass is 259 g/mol. The Morgan fingerprint density at radius 3 is 2.89 bits per heavy atom. The molecule has 0 aromatic heterocycles. The van der Waals surface area contributed by atoms with E-state index in [2.05, 4.69) is 40.7 Å². The molecule has 104 valence electrons. The topological polar surface area (TPSA) is 27.3 Å². The van der Waals surface area contributed by atoms with Gasteiger partial charge in [-0.2, -0.15) is 0 Å². The van der Waals surface area contributed by atoms with Gasteiger partial charge in [0.25, 0.3) is 0 Å². The summed E-state index contributed by atoms with van der Waals surface area (Å²) in [7, 11) is 0. The Balaban J connectivity index is 1.53. The van der Waals surface area contributed by atoms with Gasteiger partial charge < -0.3 is 10.6 Å². The van der Waals surface area contributed by atoms with Crippen LogP contribution in [0.3, 0.4) is 0 Å². The summed E-state index contributed by atoms with van der Waals surface area (Å²) < 4.78 is 0. The number of benzene rings is 1. The van der Waals surface area contributed by atoms with E-state index in [1.807, 2.05) is 0 Å². The lowest BCUT2D eigenvalue weighted by Gasteiger charge is -2.32. The summed E-state index contributed by atoms with van der Waals surface area (Å²) in [5.41, 5.74) is 4.36. The second-order valence-corrected chi connectivity index (χ2v) is 5.84.